The molecule has 0 aliphatic rings. The molecule has 0 fully saturated rings. The van der Waals surface area contributed by atoms with Crippen LogP contribution in [0.5, 0.6) is 5.75 Å². The number of nitrogens with two attached hydrogens (primary N) is 1. The van der Waals surface area contributed by atoms with E-state index in [0.717, 1.165) is 0 Å². The van der Waals surface area contributed by atoms with Gasteiger partial charge in [0, 0.05) is 5.88 Å². The van der Waals surface area contributed by atoms with E-state index in [9.17, 15) is 13.2 Å². The van der Waals surface area contributed by atoms with E-state index in [1.54, 1.807) is 0 Å². The van der Waals surface area contributed by atoms with Crippen molar-refractivity contribution in [1.82, 2.24) is 0 Å². The van der Waals surface area contributed by atoms with Crippen LogP contribution in [0.25, 0.3) is 0 Å². The first-order valence-electron chi connectivity index (χ1n) is 3.73. The summed E-state index contributed by atoms with van der Waals surface area (Å²) in [5, 5.41) is 0. The second-order valence-corrected chi connectivity index (χ2v) is 3.70. The highest BCUT2D eigenvalue weighted by Gasteiger charge is 2.33. The molecule has 2 nitrogen and oxygen atoms in total. The summed E-state index contributed by atoms with van der Waals surface area (Å²) >= 11 is 8.48. The Labute approximate surface area is 97.3 Å². The molecule has 0 saturated carbocycles. The Morgan fingerprint density at radius 1 is 1.40 bits per heavy atom. The SMILES string of the molecule is Nc1ccc(CCl)c(Br)c1OC(F)(F)F. The molecule has 0 bridgehead atoms. The topological polar surface area (TPSA) is 35.2 Å². The minimum atomic E-state index is -4.78. The molecule has 15 heavy (non-hydrogen) atoms. The van der Waals surface area contributed by atoms with E-state index in [0.29, 0.717) is 5.56 Å². The first kappa shape index (κ1) is 12.4. The summed E-state index contributed by atoms with van der Waals surface area (Å²) in [5.41, 5.74) is 5.73. The van der Waals surface area contributed by atoms with Crippen LogP contribution in [0.2, 0.25) is 0 Å². The first-order valence-corrected chi connectivity index (χ1v) is 5.06. The van der Waals surface area contributed by atoms with Gasteiger partial charge in [-0.3, -0.25) is 0 Å². The number of nitrogen functional groups attached to an aromatic ring is 1. The van der Waals surface area contributed by atoms with E-state index in [4.69, 9.17) is 17.3 Å². The molecule has 2 N–H and O–H groups in total. The van der Waals surface area contributed by atoms with Crippen LogP contribution in [0, 0.1) is 0 Å². The molecule has 0 aromatic heterocycles. The Hall–Kier alpha value is -0.620. The predicted octanol–water partition coefficient (Wildman–Crippen LogP) is 3.67. The van der Waals surface area contributed by atoms with Gasteiger partial charge in [-0.25, -0.2) is 0 Å². The van der Waals surface area contributed by atoms with Crippen molar-refractivity contribution < 1.29 is 17.9 Å². The van der Waals surface area contributed by atoms with Crippen molar-refractivity contribution in [3.8, 4) is 5.75 Å². The standard InChI is InChI=1S/C8H6BrClF3NO/c9-6-4(3-10)1-2-5(14)7(6)15-8(11,12)13/h1-2H,3,14H2. The quantitative estimate of drug-likeness (QED) is 0.668. The Bertz CT molecular complexity index is 370. The van der Waals surface area contributed by atoms with E-state index in [1.165, 1.54) is 12.1 Å². The minimum Gasteiger partial charge on any atom is -0.402 e. The monoisotopic (exact) mass is 303 g/mol. The van der Waals surface area contributed by atoms with Gasteiger partial charge in [0.2, 0.25) is 0 Å². The lowest BCUT2D eigenvalue weighted by Crippen LogP contribution is -2.18. The molecule has 0 spiro atoms. The number of alkyl halides is 4. The molecule has 0 heterocycles. The van der Waals surface area contributed by atoms with Gasteiger partial charge in [0.05, 0.1) is 10.2 Å². The molecule has 0 unspecified atom stereocenters. The molecule has 0 atom stereocenters. The molecule has 0 radical (unpaired) electrons. The van der Waals surface area contributed by atoms with Gasteiger partial charge in [-0.05, 0) is 27.6 Å². The smallest absolute Gasteiger partial charge is 0.402 e. The Morgan fingerprint density at radius 2 is 2.00 bits per heavy atom. The molecule has 0 aliphatic carbocycles. The maximum absolute atomic E-state index is 12.0. The average molecular weight is 304 g/mol. The van der Waals surface area contributed by atoms with Crippen molar-refractivity contribution >= 4 is 33.2 Å². The largest absolute Gasteiger partial charge is 0.573 e. The van der Waals surface area contributed by atoms with E-state index in [1.807, 2.05) is 0 Å². The zero-order valence-corrected chi connectivity index (χ0v) is 9.58. The maximum Gasteiger partial charge on any atom is 0.573 e. The number of anilines is 1. The second kappa shape index (κ2) is 4.49. The molecule has 0 saturated heterocycles. The molecule has 1 aromatic carbocycles. The summed E-state index contributed by atoms with van der Waals surface area (Å²) < 4.78 is 39.9. The van der Waals surface area contributed by atoms with Gasteiger partial charge in [-0.15, -0.1) is 24.8 Å². The number of ether oxygens (including phenoxy) is 1. The second-order valence-electron chi connectivity index (χ2n) is 2.64. The van der Waals surface area contributed by atoms with Crippen molar-refractivity contribution in [3.63, 3.8) is 0 Å². The van der Waals surface area contributed by atoms with E-state index in [-0.39, 0.29) is 16.0 Å². The normalized spacial score (nSPS) is 11.5. The van der Waals surface area contributed by atoms with Crippen molar-refractivity contribution in [2.24, 2.45) is 0 Å². The number of hydrogen-bond donors (Lipinski definition) is 1. The van der Waals surface area contributed by atoms with Gasteiger partial charge in [0.1, 0.15) is 0 Å². The Kier molecular flexibility index (Phi) is 3.72. The third-order valence-electron chi connectivity index (χ3n) is 1.57. The zero-order valence-electron chi connectivity index (χ0n) is 7.24. The first-order chi connectivity index (χ1) is 6.85. The van der Waals surface area contributed by atoms with Crippen molar-refractivity contribution in [2.45, 2.75) is 12.2 Å². The van der Waals surface area contributed by atoms with E-state index < -0.39 is 12.1 Å². The lowest BCUT2D eigenvalue weighted by molar-refractivity contribution is -0.274. The molecule has 1 rings (SSSR count). The highest BCUT2D eigenvalue weighted by atomic mass is 79.9. The minimum absolute atomic E-state index is 0.0646. The van der Waals surface area contributed by atoms with Crippen LogP contribution in [-0.4, -0.2) is 6.36 Å². The van der Waals surface area contributed by atoms with Crippen LogP contribution in [0.15, 0.2) is 16.6 Å². The highest BCUT2D eigenvalue weighted by molar-refractivity contribution is 9.10. The van der Waals surface area contributed by atoms with Crippen molar-refractivity contribution in [1.29, 1.82) is 0 Å². The van der Waals surface area contributed by atoms with Gasteiger partial charge in [-0.2, -0.15) is 0 Å². The molecular weight excluding hydrogens is 298 g/mol. The third kappa shape index (κ3) is 3.17. The Balaban J connectivity index is 3.15. The van der Waals surface area contributed by atoms with E-state index in [2.05, 4.69) is 20.7 Å². The van der Waals surface area contributed by atoms with Crippen LogP contribution in [0.4, 0.5) is 18.9 Å². The lowest BCUT2D eigenvalue weighted by Gasteiger charge is -2.14. The van der Waals surface area contributed by atoms with Gasteiger partial charge < -0.3 is 10.5 Å². The highest BCUT2D eigenvalue weighted by Crippen LogP contribution is 2.38. The van der Waals surface area contributed by atoms with Crippen LogP contribution in [-0.2, 0) is 5.88 Å². The number of hydrogen-bond acceptors (Lipinski definition) is 2. The summed E-state index contributed by atoms with van der Waals surface area (Å²) in [5.74, 6) is -0.393. The fourth-order valence-corrected chi connectivity index (χ4v) is 1.90. The van der Waals surface area contributed by atoms with Crippen molar-refractivity contribution in [2.75, 3.05) is 5.73 Å². The van der Waals surface area contributed by atoms with Gasteiger partial charge in [0.25, 0.3) is 0 Å². The molecule has 1 aromatic rings. The van der Waals surface area contributed by atoms with Crippen LogP contribution < -0.4 is 10.5 Å². The Morgan fingerprint density at radius 3 is 2.47 bits per heavy atom. The fraction of sp³-hybridized carbons (Fsp3) is 0.250. The predicted molar refractivity (Wildman–Crippen MR) is 54.8 cm³/mol. The van der Waals surface area contributed by atoms with Gasteiger partial charge >= 0.3 is 6.36 Å². The molecule has 0 amide bonds. The molecule has 84 valence electrons. The molecular formula is C8H6BrClF3NO. The number of benzene rings is 1. The number of rotatable bonds is 2. The van der Waals surface area contributed by atoms with Gasteiger partial charge in [0.15, 0.2) is 5.75 Å². The summed E-state index contributed by atoms with van der Waals surface area (Å²) in [7, 11) is 0. The van der Waals surface area contributed by atoms with Crippen LogP contribution in [0.3, 0.4) is 0 Å². The maximum atomic E-state index is 12.0. The summed E-state index contributed by atoms with van der Waals surface area (Å²) in [6, 6.07) is 2.83. The van der Waals surface area contributed by atoms with Crippen molar-refractivity contribution in [3.05, 3.63) is 22.2 Å². The third-order valence-corrected chi connectivity index (χ3v) is 2.73. The van der Waals surface area contributed by atoms with E-state index >= 15 is 0 Å². The average Bonchev–Trinajstić information content (AvgIpc) is 2.11. The summed E-state index contributed by atoms with van der Waals surface area (Å²) in [6.07, 6.45) is -4.78. The fourth-order valence-electron chi connectivity index (χ4n) is 0.934. The van der Waals surface area contributed by atoms with Gasteiger partial charge in [-0.1, -0.05) is 6.07 Å². The van der Waals surface area contributed by atoms with Crippen LogP contribution in [0.1, 0.15) is 5.56 Å². The molecule has 0 aliphatic heterocycles. The number of halogens is 5. The zero-order chi connectivity index (χ0) is 11.6. The van der Waals surface area contributed by atoms with Crippen LogP contribution >= 0.6 is 27.5 Å². The molecule has 7 heteroatoms. The lowest BCUT2D eigenvalue weighted by atomic mass is 10.2. The summed E-state index contributed by atoms with van der Waals surface area (Å²) in [6.45, 7) is 0. The summed E-state index contributed by atoms with van der Waals surface area (Å²) in [4.78, 5) is 0.